The Labute approximate surface area is 79.4 Å². The number of rotatable bonds is 2. The summed E-state index contributed by atoms with van der Waals surface area (Å²) in [5.74, 6) is 0.347. The van der Waals surface area contributed by atoms with E-state index in [2.05, 4.69) is 5.32 Å². The summed E-state index contributed by atoms with van der Waals surface area (Å²) in [6.07, 6.45) is 3.10. The van der Waals surface area contributed by atoms with Crippen molar-refractivity contribution >= 4 is 10.0 Å². The molecule has 0 spiro atoms. The van der Waals surface area contributed by atoms with Crippen LogP contribution in [0.1, 0.15) is 19.3 Å². The molecule has 76 valence electrons. The number of nitrogens with one attached hydrogen (secondary N) is 1. The van der Waals surface area contributed by atoms with Gasteiger partial charge in [0.15, 0.2) is 0 Å². The van der Waals surface area contributed by atoms with E-state index in [-0.39, 0.29) is 0 Å². The van der Waals surface area contributed by atoms with Crippen molar-refractivity contribution in [1.82, 2.24) is 9.62 Å². The lowest BCUT2D eigenvalue weighted by Gasteiger charge is -2.18. The van der Waals surface area contributed by atoms with Crippen LogP contribution in [0.25, 0.3) is 0 Å². The Balaban J connectivity index is 1.94. The quantitative estimate of drug-likeness (QED) is 0.676. The molecule has 1 atom stereocenters. The molecule has 0 unspecified atom stereocenters. The van der Waals surface area contributed by atoms with Crippen LogP contribution >= 0.6 is 0 Å². The van der Waals surface area contributed by atoms with Crippen LogP contribution in [0.2, 0.25) is 0 Å². The van der Waals surface area contributed by atoms with Crippen molar-refractivity contribution in [2.75, 3.05) is 25.4 Å². The molecule has 13 heavy (non-hydrogen) atoms. The Morgan fingerprint density at radius 3 is 2.77 bits per heavy atom. The van der Waals surface area contributed by atoms with Crippen molar-refractivity contribution < 1.29 is 8.42 Å². The van der Waals surface area contributed by atoms with Crippen molar-refractivity contribution in [3.8, 4) is 0 Å². The smallest absolute Gasteiger partial charge is 0.214 e. The fraction of sp³-hybridized carbons (Fsp3) is 1.00. The molecule has 0 aliphatic carbocycles. The Kier molecular flexibility index (Phi) is 2.58. The highest BCUT2D eigenvalue weighted by atomic mass is 32.2. The highest BCUT2D eigenvalue weighted by Gasteiger charge is 2.30. The molecule has 0 aromatic carbocycles. The lowest BCUT2D eigenvalue weighted by molar-refractivity contribution is 0.394. The largest absolute Gasteiger partial charge is 0.313 e. The second kappa shape index (κ2) is 3.55. The van der Waals surface area contributed by atoms with Crippen LogP contribution in [0.15, 0.2) is 0 Å². The summed E-state index contributed by atoms with van der Waals surface area (Å²) in [4.78, 5) is 0. The van der Waals surface area contributed by atoms with Gasteiger partial charge in [0, 0.05) is 19.1 Å². The first kappa shape index (κ1) is 9.43. The van der Waals surface area contributed by atoms with Gasteiger partial charge in [0.2, 0.25) is 10.0 Å². The van der Waals surface area contributed by atoms with E-state index in [0.29, 0.717) is 18.3 Å². The van der Waals surface area contributed by atoms with Gasteiger partial charge < -0.3 is 5.32 Å². The number of hydrogen-bond acceptors (Lipinski definition) is 3. The molecule has 0 aromatic heterocycles. The summed E-state index contributed by atoms with van der Waals surface area (Å²) >= 11 is 0. The predicted octanol–water partition coefficient (Wildman–Crippen LogP) is -0.226. The second-order valence-electron chi connectivity index (χ2n) is 3.82. The molecule has 2 aliphatic rings. The third-order valence-electron chi connectivity index (χ3n) is 2.79. The summed E-state index contributed by atoms with van der Waals surface area (Å²) in [5, 5.41) is 3.32. The van der Waals surface area contributed by atoms with E-state index < -0.39 is 10.0 Å². The first-order valence-corrected chi connectivity index (χ1v) is 6.50. The zero-order valence-electron chi connectivity index (χ0n) is 7.70. The van der Waals surface area contributed by atoms with E-state index in [0.717, 1.165) is 25.9 Å². The van der Waals surface area contributed by atoms with Crippen LogP contribution in [-0.4, -0.2) is 44.2 Å². The van der Waals surface area contributed by atoms with Crippen molar-refractivity contribution in [3.05, 3.63) is 0 Å². The maximum atomic E-state index is 11.4. The minimum Gasteiger partial charge on any atom is -0.313 e. The van der Waals surface area contributed by atoms with Crippen molar-refractivity contribution in [1.29, 1.82) is 0 Å². The maximum absolute atomic E-state index is 11.4. The van der Waals surface area contributed by atoms with E-state index in [9.17, 15) is 8.42 Å². The average molecular weight is 204 g/mol. The number of hydrogen-bond donors (Lipinski definition) is 1. The zero-order chi connectivity index (χ0) is 9.31. The fourth-order valence-corrected chi connectivity index (χ4v) is 3.62. The van der Waals surface area contributed by atoms with E-state index in [1.807, 2.05) is 0 Å². The van der Waals surface area contributed by atoms with Crippen molar-refractivity contribution in [2.24, 2.45) is 0 Å². The predicted molar refractivity (Wildman–Crippen MR) is 51.0 cm³/mol. The topological polar surface area (TPSA) is 49.4 Å². The van der Waals surface area contributed by atoms with Gasteiger partial charge in [-0.1, -0.05) is 0 Å². The number of nitrogens with zero attached hydrogens (tertiary/aromatic N) is 1. The minimum absolute atomic E-state index is 0.347. The molecule has 0 aromatic rings. The zero-order valence-corrected chi connectivity index (χ0v) is 8.52. The summed E-state index contributed by atoms with van der Waals surface area (Å²) in [7, 11) is -2.88. The Bertz CT molecular complexity index is 270. The van der Waals surface area contributed by atoms with Gasteiger partial charge in [-0.15, -0.1) is 0 Å². The molecule has 2 heterocycles. The van der Waals surface area contributed by atoms with E-state index in [1.54, 1.807) is 4.31 Å². The van der Waals surface area contributed by atoms with Crippen molar-refractivity contribution in [2.45, 2.75) is 25.3 Å². The van der Waals surface area contributed by atoms with Gasteiger partial charge in [0.25, 0.3) is 0 Å². The molecule has 0 bridgehead atoms. The number of sulfonamides is 1. The van der Waals surface area contributed by atoms with Gasteiger partial charge in [-0.05, 0) is 25.8 Å². The Morgan fingerprint density at radius 1 is 1.38 bits per heavy atom. The second-order valence-corrected chi connectivity index (χ2v) is 5.91. The Hall–Kier alpha value is -0.130. The Morgan fingerprint density at radius 2 is 2.23 bits per heavy atom. The highest BCUT2D eigenvalue weighted by Crippen LogP contribution is 2.16. The molecule has 2 rings (SSSR count). The van der Waals surface area contributed by atoms with E-state index >= 15 is 0 Å². The van der Waals surface area contributed by atoms with Gasteiger partial charge in [0.1, 0.15) is 0 Å². The fourth-order valence-electron chi connectivity index (χ4n) is 2.05. The minimum atomic E-state index is -2.88. The molecular weight excluding hydrogens is 188 g/mol. The first-order valence-electron chi connectivity index (χ1n) is 4.90. The lowest BCUT2D eigenvalue weighted by atomic mass is 10.2. The maximum Gasteiger partial charge on any atom is 0.214 e. The molecule has 0 radical (unpaired) electrons. The van der Waals surface area contributed by atoms with Gasteiger partial charge >= 0.3 is 0 Å². The lowest BCUT2D eigenvalue weighted by Crippen LogP contribution is -2.38. The standard InChI is InChI=1S/C8H16N2O2S/c11-13(12)6-2-5-10(13)7-8-3-1-4-9-8/h8-9H,1-7H2/t8-/m1/s1. The molecule has 0 amide bonds. The third kappa shape index (κ3) is 2.03. The molecule has 5 heteroatoms. The monoisotopic (exact) mass is 204 g/mol. The summed E-state index contributed by atoms with van der Waals surface area (Å²) in [5.41, 5.74) is 0. The molecule has 2 fully saturated rings. The van der Waals surface area contributed by atoms with Gasteiger partial charge in [-0.3, -0.25) is 0 Å². The van der Waals surface area contributed by atoms with Crippen LogP contribution in [0.4, 0.5) is 0 Å². The molecule has 2 saturated heterocycles. The van der Waals surface area contributed by atoms with E-state index in [4.69, 9.17) is 0 Å². The van der Waals surface area contributed by atoms with Gasteiger partial charge in [-0.2, -0.15) is 0 Å². The van der Waals surface area contributed by atoms with Crippen LogP contribution in [-0.2, 0) is 10.0 Å². The normalized spacial score (nSPS) is 34.0. The molecular formula is C8H16N2O2S. The summed E-state index contributed by atoms with van der Waals surface area (Å²) < 4.78 is 24.5. The van der Waals surface area contributed by atoms with E-state index in [1.165, 1.54) is 6.42 Å². The highest BCUT2D eigenvalue weighted by molar-refractivity contribution is 7.89. The van der Waals surface area contributed by atoms with Crippen LogP contribution in [0.5, 0.6) is 0 Å². The van der Waals surface area contributed by atoms with Crippen molar-refractivity contribution in [3.63, 3.8) is 0 Å². The van der Waals surface area contributed by atoms with Crippen LogP contribution in [0.3, 0.4) is 0 Å². The van der Waals surface area contributed by atoms with Crippen LogP contribution in [0, 0.1) is 0 Å². The first-order chi connectivity index (χ1) is 6.18. The molecule has 0 saturated carbocycles. The third-order valence-corrected chi connectivity index (χ3v) is 4.71. The molecule has 4 nitrogen and oxygen atoms in total. The SMILES string of the molecule is O=S1(=O)CCCN1C[C@H]1CCCN1. The van der Waals surface area contributed by atoms with Gasteiger partial charge in [-0.25, -0.2) is 12.7 Å². The summed E-state index contributed by atoms with van der Waals surface area (Å²) in [6, 6.07) is 0.396. The van der Waals surface area contributed by atoms with Crippen LogP contribution < -0.4 is 5.32 Å². The molecule has 2 aliphatic heterocycles. The summed E-state index contributed by atoms with van der Waals surface area (Å²) in [6.45, 7) is 2.45. The van der Waals surface area contributed by atoms with Gasteiger partial charge in [0.05, 0.1) is 5.75 Å². The molecule has 1 N–H and O–H groups in total. The average Bonchev–Trinajstić information content (AvgIpc) is 2.63.